The molecular weight excluding hydrogens is 311 g/mol. The molecule has 19 heavy (non-hydrogen) atoms. The second kappa shape index (κ2) is 5.97. The molecule has 0 fully saturated rings. The Kier molecular flexibility index (Phi) is 4.32. The van der Waals surface area contributed by atoms with Crippen molar-refractivity contribution in [3.05, 3.63) is 69.9 Å². The van der Waals surface area contributed by atoms with Crippen LogP contribution in [0.5, 0.6) is 0 Å². The number of rotatable bonds is 4. The molecule has 0 radical (unpaired) electrons. The van der Waals surface area contributed by atoms with Crippen molar-refractivity contribution in [2.24, 2.45) is 0 Å². The predicted octanol–water partition coefficient (Wildman–Crippen LogP) is 4.00. The van der Waals surface area contributed by atoms with Crippen molar-refractivity contribution in [1.82, 2.24) is 0 Å². The molecule has 2 aromatic rings. The van der Waals surface area contributed by atoms with E-state index >= 15 is 0 Å². The Morgan fingerprint density at radius 1 is 1.21 bits per heavy atom. The molecule has 0 saturated carbocycles. The van der Waals surface area contributed by atoms with Gasteiger partial charge in [-0.05, 0) is 35.7 Å². The van der Waals surface area contributed by atoms with Crippen LogP contribution in [0.25, 0.3) is 0 Å². The SMILES string of the molecule is O=C(O)C(Cc1cc(Br)ccc1F)c1ccccc1. The molecule has 0 aliphatic heterocycles. The van der Waals surface area contributed by atoms with Crippen LogP contribution in [-0.4, -0.2) is 11.1 Å². The zero-order valence-corrected chi connectivity index (χ0v) is 11.6. The number of benzene rings is 2. The van der Waals surface area contributed by atoms with Crippen molar-refractivity contribution < 1.29 is 14.3 Å². The van der Waals surface area contributed by atoms with Crippen LogP contribution >= 0.6 is 15.9 Å². The second-order valence-electron chi connectivity index (χ2n) is 4.24. The Bertz CT molecular complexity index is 584. The van der Waals surface area contributed by atoms with Gasteiger partial charge in [-0.1, -0.05) is 46.3 Å². The number of halogens is 2. The van der Waals surface area contributed by atoms with Crippen molar-refractivity contribution in [1.29, 1.82) is 0 Å². The normalized spacial score (nSPS) is 12.1. The Hall–Kier alpha value is -1.68. The maximum Gasteiger partial charge on any atom is 0.311 e. The Morgan fingerprint density at radius 3 is 2.53 bits per heavy atom. The van der Waals surface area contributed by atoms with Crippen LogP contribution in [0, 0.1) is 5.82 Å². The van der Waals surface area contributed by atoms with E-state index in [1.807, 2.05) is 6.07 Å². The molecule has 1 unspecified atom stereocenters. The third-order valence-electron chi connectivity index (χ3n) is 2.93. The minimum atomic E-state index is -0.953. The lowest BCUT2D eigenvalue weighted by molar-refractivity contribution is -0.138. The highest BCUT2D eigenvalue weighted by Gasteiger charge is 2.21. The first kappa shape index (κ1) is 13.7. The van der Waals surface area contributed by atoms with Gasteiger partial charge in [0.05, 0.1) is 5.92 Å². The van der Waals surface area contributed by atoms with Crippen molar-refractivity contribution in [3.8, 4) is 0 Å². The van der Waals surface area contributed by atoms with E-state index in [-0.39, 0.29) is 12.2 Å². The highest BCUT2D eigenvalue weighted by atomic mass is 79.9. The molecule has 0 aliphatic rings. The number of carbonyl (C=O) groups is 1. The summed E-state index contributed by atoms with van der Waals surface area (Å²) in [7, 11) is 0. The molecule has 4 heteroatoms. The highest BCUT2D eigenvalue weighted by Crippen LogP contribution is 2.24. The Morgan fingerprint density at radius 2 is 1.89 bits per heavy atom. The molecule has 0 bridgehead atoms. The van der Waals surface area contributed by atoms with Crippen molar-refractivity contribution in [3.63, 3.8) is 0 Å². The van der Waals surface area contributed by atoms with E-state index in [1.165, 1.54) is 6.07 Å². The van der Waals surface area contributed by atoms with Gasteiger partial charge in [0.15, 0.2) is 0 Å². The largest absolute Gasteiger partial charge is 0.481 e. The number of hydrogen-bond donors (Lipinski definition) is 1. The first-order valence-electron chi connectivity index (χ1n) is 5.79. The van der Waals surface area contributed by atoms with Gasteiger partial charge in [0, 0.05) is 4.47 Å². The standard InChI is InChI=1S/C15H12BrFO2/c16-12-6-7-14(17)11(8-12)9-13(15(18)19)10-4-2-1-3-5-10/h1-8,13H,9H2,(H,18,19). The average molecular weight is 323 g/mol. The average Bonchev–Trinajstić information content (AvgIpc) is 2.40. The van der Waals surface area contributed by atoms with E-state index in [9.17, 15) is 14.3 Å². The van der Waals surface area contributed by atoms with Crippen molar-refractivity contribution >= 4 is 21.9 Å². The van der Waals surface area contributed by atoms with E-state index in [1.54, 1.807) is 36.4 Å². The fourth-order valence-corrected chi connectivity index (χ4v) is 2.36. The Balaban J connectivity index is 2.32. The van der Waals surface area contributed by atoms with E-state index in [0.717, 1.165) is 4.47 Å². The fraction of sp³-hybridized carbons (Fsp3) is 0.133. The second-order valence-corrected chi connectivity index (χ2v) is 5.16. The lowest BCUT2D eigenvalue weighted by atomic mass is 9.92. The molecule has 0 aliphatic carbocycles. The molecule has 2 aromatic carbocycles. The summed E-state index contributed by atoms with van der Waals surface area (Å²) >= 11 is 3.27. The number of carboxylic acid groups (broad SMARTS) is 1. The molecule has 1 atom stereocenters. The van der Waals surface area contributed by atoms with Crippen LogP contribution in [0.1, 0.15) is 17.0 Å². The van der Waals surface area contributed by atoms with Crippen molar-refractivity contribution in [2.45, 2.75) is 12.3 Å². The van der Waals surface area contributed by atoms with Crippen LogP contribution in [0.4, 0.5) is 4.39 Å². The third kappa shape index (κ3) is 3.41. The predicted molar refractivity (Wildman–Crippen MR) is 74.6 cm³/mol. The summed E-state index contributed by atoms with van der Waals surface area (Å²) in [6.07, 6.45) is 0.130. The van der Waals surface area contributed by atoms with Gasteiger partial charge in [0.2, 0.25) is 0 Å². The molecule has 0 heterocycles. The minimum absolute atomic E-state index is 0.130. The summed E-state index contributed by atoms with van der Waals surface area (Å²) < 4.78 is 14.4. The summed E-state index contributed by atoms with van der Waals surface area (Å²) in [6, 6.07) is 13.4. The minimum Gasteiger partial charge on any atom is -0.481 e. The van der Waals surface area contributed by atoms with Gasteiger partial charge in [-0.2, -0.15) is 0 Å². The zero-order chi connectivity index (χ0) is 13.8. The Labute approximate surface area is 119 Å². The topological polar surface area (TPSA) is 37.3 Å². The van der Waals surface area contributed by atoms with E-state index < -0.39 is 11.9 Å². The van der Waals surface area contributed by atoms with E-state index in [4.69, 9.17) is 0 Å². The molecular formula is C15H12BrFO2. The van der Waals surface area contributed by atoms with Crippen molar-refractivity contribution in [2.75, 3.05) is 0 Å². The quantitative estimate of drug-likeness (QED) is 0.923. The lowest BCUT2D eigenvalue weighted by Crippen LogP contribution is -2.15. The fourth-order valence-electron chi connectivity index (χ4n) is 1.95. The summed E-state index contributed by atoms with van der Waals surface area (Å²) in [5.41, 5.74) is 1.07. The van der Waals surface area contributed by atoms with Gasteiger partial charge in [0.25, 0.3) is 0 Å². The molecule has 1 N–H and O–H groups in total. The number of carboxylic acids is 1. The molecule has 0 saturated heterocycles. The lowest BCUT2D eigenvalue weighted by Gasteiger charge is -2.13. The van der Waals surface area contributed by atoms with Crippen LogP contribution in [0.15, 0.2) is 53.0 Å². The molecule has 2 nitrogen and oxygen atoms in total. The summed E-state index contributed by atoms with van der Waals surface area (Å²) in [5, 5.41) is 9.31. The molecule has 0 amide bonds. The number of aliphatic carboxylic acids is 1. The first-order valence-corrected chi connectivity index (χ1v) is 6.59. The van der Waals surface area contributed by atoms with Gasteiger partial charge in [-0.3, -0.25) is 4.79 Å². The van der Waals surface area contributed by atoms with Crippen LogP contribution in [-0.2, 0) is 11.2 Å². The van der Waals surface area contributed by atoms with Crippen LogP contribution < -0.4 is 0 Å². The highest BCUT2D eigenvalue weighted by molar-refractivity contribution is 9.10. The number of hydrogen-bond acceptors (Lipinski definition) is 1. The molecule has 0 spiro atoms. The van der Waals surface area contributed by atoms with E-state index in [2.05, 4.69) is 15.9 Å². The third-order valence-corrected chi connectivity index (χ3v) is 3.43. The first-order chi connectivity index (χ1) is 9.08. The van der Waals surface area contributed by atoms with Gasteiger partial charge < -0.3 is 5.11 Å². The summed E-state index contributed by atoms with van der Waals surface area (Å²) in [5.74, 6) is -2.08. The molecule has 98 valence electrons. The van der Waals surface area contributed by atoms with E-state index in [0.29, 0.717) is 11.1 Å². The summed E-state index contributed by atoms with van der Waals surface area (Å²) in [4.78, 5) is 11.4. The van der Waals surface area contributed by atoms with Crippen LogP contribution in [0.3, 0.4) is 0 Å². The monoisotopic (exact) mass is 322 g/mol. The molecule has 0 aromatic heterocycles. The zero-order valence-electron chi connectivity index (χ0n) is 10.0. The van der Waals surface area contributed by atoms with Crippen LogP contribution in [0.2, 0.25) is 0 Å². The maximum atomic E-state index is 13.7. The maximum absolute atomic E-state index is 13.7. The van der Waals surface area contributed by atoms with Gasteiger partial charge in [0.1, 0.15) is 5.82 Å². The van der Waals surface area contributed by atoms with Gasteiger partial charge in [-0.15, -0.1) is 0 Å². The molecule has 2 rings (SSSR count). The smallest absolute Gasteiger partial charge is 0.311 e. The van der Waals surface area contributed by atoms with Gasteiger partial charge >= 0.3 is 5.97 Å². The summed E-state index contributed by atoms with van der Waals surface area (Å²) in [6.45, 7) is 0. The van der Waals surface area contributed by atoms with Gasteiger partial charge in [-0.25, -0.2) is 4.39 Å².